The van der Waals surface area contributed by atoms with Gasteiger partial charge in [0.1, 0.15) is 39.9 Å². The van der Waals surface area contributed by atoms with Crippen LogP contribution in [0.4, 0.5) is 0 Å². The molecule has 1 aliphatic rings. The summed E-state index contributed by atoms with van der Waals surface area (Å²) in [5, 5.41) is 1.28. The third-order valence-electron chi connectivity index (χ3n) is 7.62. The molecule has 6 rings (SSSR count). The lowest BCUT2D eigenvalue weighted by atomic mass is 10.1. The fraction of sp³-hybridized carbons (Fsp3) is 0.281. The van der Waals surface area contributed by atoms with E-state index in [9.17, 15) is 4.79 Å². The number of primary amides is 1. The second-order valence-corrected chi connectivity index (χ2v) is 12.1. The summed E-state index contributed by atoms with van der Waals surface area (Å²) in [4.78, 5) is 24.0. The van der Waals surface area contributed by atoms with Gasteiger partial charge < -0.3 is 20.1 Å². The highest BCUT2D eigenvalue weighted by molar-refractivity contribution is 7.16. The Kier molecular flexibility index (Phi) is 7.90. The van der Waals surface area contributed by atoms with Crippen molar-refractivity contribution in [1.82, 2.24) is 19.4 Å². The lowest BCUT2D eigenvalue weighted by molar-refractivity contribution is 0.0998. The minimum atomic E-state index is -0.557. The van der Waals surface area contributed by atoms with E-state index in [0.29, 0.717) is 21.4 Å². The average Bonchev–Trinajstić information content (AvgIpc) is 3.59. The van der Waals surface area contributed by atoms with Crippen molar-refractivity contribution < 1.29 is 14.3 Å². The number of hydrogen-bond donors (Lipinski definition) is 1. The summed E-state index contributed by atoms with van der Waals surface area (Å²) in [7, 11) is 2.12. The molecule has 0 radical (unpaired) electrons. The number of fused-ring (bicyclic) bond motifs is 1. The van der Waals surface area contributed by atoms with E-state index in [1.165, 1.54) is 11.3 Å². The van der Waals surface area contributed by atoms with Crippen molar-refractivity contribution in [1.29, 1.82) is 0 Å². The molecule has 5 aromatic rings. The van der Waals surface area contributed by atoms with Crippen molar-refractivity contribution in [2.45, 2.75) is 38.9 Å². The number of benzene rings is 2. The van der Waals surface area contributed by atoms with Gasteiger partial charge in [-0.05, 0) is 75.2 Å². The third-order valence-corrected chi connectivity index (χ3v) is 9.15. The first-order valence-corrected chi connectivity index (χ1v) is 15.1. The zero-order valence-corrected chi connectivity index (χ0v) is 25.3. The lowest BCUT2D eigenvalue weighted by Gasteiger charge is -2.30. The molecule has 1 aliphatic heterocycles. The predicted molar refractivity (Wildman–Crippen MR) is 167 cm³/mol. The number of pyridine rings is 1. The van der Waals surface area contributed by atoms with Crippen molar-refractivity contribution in [3.63, 3.8) is 0 Å². The van der Waals surface area contributed by atoms with Crippen molar-refractivity contribution in [3.8, 4) is 27.6 Å². The van der Waals surface area contributed by atoms with E-state index in [2.05, 4.69) is 28.0 Å². The quantitative estimate of drug-likeness (QED) is 0.210. The molecule has 2 N–H and O–H groups in total. The summed E-state index contributed by atoms with van der Waals surface area (Å²) in [6, 6.07) is 17.7. The molecule has 8 nitrogen and oxygen atoms in total. The molecule has 0 aliphatic carbocycles. The van der Waals surface area contributed by atoms with Crippen LogP contribution >= 0.6 is 22.9 Å². The number of carbonyl (C=O) groups is 1. The number of rotatable bonds is 8. The molecule has 0 unspecified atom stereocenters. The maximum atomic E-state index is 12.5. The van der Waals surface area contributed by atoms with Gasteiger partial charge in [-0.15, -0.1) is 11.3 Å². The van der Waals surface area contributed by atoms with Gasteiger partial charge in [0.05, 0.1) is 16.1 Å². The monoisotopic (exact) mass is 601 g/mol. The number of aryl methyl sites for hydroxylation is 1. The topological polar surface area (TPSA) is 95.5 Å². The Labute approximate surface area is 253 Å². The molecule has 1 amide bonds. The standard InChI is InChI=1S/C32H32ClN5O3S/c1-19-15-22(9-12-35-19)21-7-8-26-25(16-21)36-18-38(26)29-17-28(31(42-29)32(34)39)40-20(2)24-5-4-6-27(30(24)33)41-23-10-13-37(3)14-11-23/h4-9,12,15-18,20,23H,10-11,13-14H2,1-3H3,(H2,34,39)/t20-/m1/s1. The van der Waals surface area contributed by atoms with Crippen LogP contribution in [-0.4, -0.2) is 51.6 Å². The largest absolute Gasteiger partial charge is 0.489 e. The number of likely N-dealkylation sites (tertiary alicyclic amines) is 1. The molecule has 0 spiro atoms. The van der Waals surface area contributed by atoms with Gasteiger partial charge in [0.25, 0.3) is 5.91 Å². The number of aromatic nitrogens is 3. The van der Waals surface area contributed by atoms with Gasteiger partial charge in [-0.1, -0.05) is 29.8 Å². The van der Waals surface area contributed by atoms with Crippen LogP contribution in [0, 0.1) is 6.92 Å². The molecule has 42 heavy (non-hydrogen) atoms. The van der Waals surface area contributed by atoms with E-state index in [1.807, 2.05) is 66.9 Å². The molecule has 0 saturated carbocycles. The van der Waals surface area contributed by atoms with Crippen LogP contribution in [-0.2, 0) is 0 Å². The maximum Gasteiger partial charge on any atom is 0.262 e. The zero-order chi connectivity index (χ0) is 29.4. The van der Waals surface area contributed by atoms with Crippen LogP contribution in [0.5, 0.6) is 11.5 Å². The summed E-state index contributed by atoms with van der Waals surface area (Å²) in [6.07, 6.45) is 5.13. The maximum absolute atomic E-state index is 12.5. The molecule has 0 bridgehead atoms. The summed E-state index contributed by atoms with van der Waals surface area (Å²) in [6.45, 7) is 5.86. The van der Waals surface area contributed by atoms with Gasteiger partial charge >= 0.3 is 0 Å². The molecule has 4 heterocycles. The van der Waals surface area contributed by atoms with Gasteiger partial charge in [-0.3, -0.25) is 14.3 Å². The average molecular weight is 602 g/mol. The molecule has 1 atom stereocenters. The Morgan fingerprint density at radius 1 is 1.07 bits per heavy atom. The Balaban J connectivity index is 1.26. The number of ether oxygens (including phenoxy) is 2. The number of hydrogen-bond acceptors (Lipinski definition) is 7. The van der Waals surface area contributed by atoms with Gasteiger partial charge in [-0.2, -0.15) is 0 Å². The SMILES string of the molecule is Cc1cc(-c2ccc3c(c2)ncn3-c2cc(O[C@H](C)c3cccc(OC4CCN(C)CC4)c3Cl)c(C(N)=O)s2)ccn1. The van der Waals surface area contributed by atoms with E-state index in [0.717, 1.165) is 64.3 Å². The van der Waals surface area contributed by atoms with E-state index >= 15 is 0 Å². The van der Waals surface area contributed by atoms with Gasteiger partial charge in [0.15, 0.2) is 0 Å². The predicted octanol–water partition coefficient (Wildman–Crippen LogP) is 6.82. The highest BCUT2D eigenvalue weighted by Crippen LogP contribution is 2.39. The Hall–Kier alpha value is -3.92. The number of piperidine rings is 1. The number of nitrogens with zero attached hydrogens (tertiary/aromatic N) is 4. The highest BCUT2D eigenvalue weighted by atomic mass is 35.5. The van der Waals surface area contributed by atoms with Crippen LogP contribution < -0.4 is 15.2 Å². The number of imidazole rings is 1. The lowest BCUT2D eigenvalue weighted by Crippen LogP contribution is -2.35. The molecule has 216 valence electrons. The molecular formula is C32H32ClN5O3S. The minimum Gasteiger partial charge on any atom is -0.489 e. The molecule has 3 aromatic heterocycles. The first-order chi connectivity index (χ1) is 20.3. The number of halogens is 1. The Morgan fingerprint density at radius 3 is 2.62 bits per heavy atom. The number of thiophene rings is 1. The van der Waals surface area contributed by atoms with Crippen molar-refractivity contribution in [3.05, 3.63) is 88.3 Å². The Morgan fingerprint density at radius 2 is 1.86 bits per heavy atom. The van der Waals surface area contributed by atoms with Gasteiger partial charge in [0, 0.05) is 36.6 Å². The highest BCUT2D eigenvalue weighted by Gasteiger charge is 2.24. The van der Waals surface area contributed by atoms with Crippen LogP contribution in [0.2, 0.25) is 5.02 Å². The smallest absolute Gasteiger partial charge is 0.262 e. The first-order valence-electron chi connectivity index (χ1n) is 13.9. The van der Waals surface area contributed by atoms with E-state index in [4.69, 9.17) is 26.8 Å². The molecule has 2 aromatic carbocycles. The van der Waals surface area contributed by atoms with Crippen LogP contribution in [0.25, 0.3) is 27.2 Å². The second-order valence-electron chi connectivity index (χ2n) is 10.7. The van der Waals surface area contributed by atoms with Crippen LogP contribution in [0.1, 0.15) is 46.8 Å². The van der Waals surface area contributed by atoms with E-state index < -0.39 is 12.0 Å². The fourth-order valence-electron chi connectivity index (χ4n) is 5.30. The van der Waals surface area contributed by atoms with Crippen molar-refractivity contribution >= 4 is 39.9 Å². The second kappa shape index (κ2) is 11.8. The zero-order valence-electron chi connectivity index (χ0n) is 23.7. The summed E-state index contributed by atoms with van der Waals surface area (Å²) in [5.74, 6) is 0.489. The van der Waals surface area contributed by atoms with Gasteiger partial charge in [-0.25, -0.2) is 4.98 Å². The Bertz CT molecular complexity index is 1760. The van der Waals surface area contributed by atoms with Gasteiger partial charge in [0.2, 0.25) is 0 Å². The van der Waals surface area contributed by atoms with Crippen molar-refractivity contribution in [2.75, 3.05) is 20.1 Å². The van der Waals surface area contributed by atoms with E-state index in [-0.39, 0.29) is 6.10 Å². The normalized spacial score (nSPS) is 15.1. The number of amides is 1. The molecular weight excluding hydrogens is 570 g/mol. The minimum absolute atomic E-state index is 0.126. The van der Waals surface area contributed by atoms with Crippen LogP contribution in [0.15, 0.2) is 67.1 Å². The summed E-state index contributed by atoms with van der Waals surface area (Å²) >= 11 is 8.08. The third kappa shape index (κ3) is 5.72. The van der Waals surface area contributed by atoms with E-state index in [1.54, 1.807) is 12.5 Å². The number of nitrogens with two attached hydrogens (primary N) is 1. The number of carbonyl (C=O) groups excluding carboxylic acids is 1. The molecule has 1 fully saturated rings. The first kappa shape index (κ1) is 28.2. The van der Waals surface area contributed by atoms with Crippen LogP contribution in [0.3, 0.4) is 0 Å². The summed E-state index contributed by atoms with van der Waals surface area (Å²) in [5.41, 5.74) is 11.4. The molecule has 10 heteroatoms. The van der Waals surface area contributed by atoms with Crippen molar-refractivity contribution in [2.24, 2.45) is 5.73 Å². The fourth-order valence-corrected chi connectivity index (χ4v) is 6.55. The summed E-state index contributed by atoms with van der Waals surface area (Å²) < 4.78 is 14.5. The molecule has 1 saturated heterocycles.